The molecule has 1 aliphatic heterocycles. The molecular formula is C30H34N2O6. The minimum Gasteiger partial charge on any atom is -0.493 e. The second kappa shape index (κ2) is 15.2. The van der Waals surface area contributed by atoms with Crippen molar-refractivity contribution < 1.29 is 29.3 Å². The number of aliphatic carboxylic acids is 2. The Balaban J connectivity index is 0.000000599. The third-order valence-electron chi connectivity index (χ3n) is 5.99. The topological polar surface area (TPSA) is 99.5 Å². The zero-order valence-electron chi connectivity index (χ0n) is 21.5. The van der Waals surface area contributed by atoms with Gasteiger partial charge < -0.3 is 19.7 Å². The van der Waals surface area contributed by atoms with Crippen LogP contribution in [0.2, 0.25) is 0 Å². The number of nitrogens with zero attached hydrogens (tertiary/aromatic N) is 2. The number of carboxylic acids is 2. The van der Waals surface area contributed by atoms with Crippen LogP contribution in [0.5, 0.6) is 11.5 Å². The molecule has 3 aromatic carbocycles. The number of carboxylic acid groups (broad SMARTS) is 2. The van der Waals surface area contributed by atoms with Gasteiger partial charge in [-0.3, -0.25) is 9.80 Å². The Kier molecular flexibility index (Phi) is 11.4. The van der Waals surface area contributed by atoms with Gasteiger partial charge in [0.15, 0.2) is 11.5 Å². The molecule has 1 aliphatic rings. The van der Waals surface area contributed by atoms with E-state index in [0.717, 1.165) is 56.3 Å². The Morgan fingerprint density at radius 3 is 2.00 bits per heavy atom. The van der Waals surface area contributed by atoms with E-state index in [0.29, 0.717) is 6.61 Å². The Morgan fingerprint density at radius 2 is 1.39 bits per heavy atom. The lowest BCUT2D eigenvalue weighted by Gasteiger charge is -2.34. The maximum atomic E-state index is 9.10. The first-order valence-corrected chi connectivity index (χ1v) is 12.4. The Hall–Kier alpha value is -4.14. The zero-order valence-corrected chi connectivity index (χ0v) is 21.5. The largest absolute Gasteiger partial charge is 0.493 e. The number of benzene rings is 3. The highest BCUT2D eigenvalue weighted by molar-refractivity contribution is 6.27. The number of ether oxygens (including phenoxy) is 2. The molecule has 1 fully saturated rings. The van der Waals surface area contributed by atoms with E-state index >= 15 is 0 Å². The van der Waals surface area contributed by atoms with E-state index < -0.39 is 11.9 Å². The van der Waals surface area contributed by atoms with E-state index in [1.807, 2.05) is 24.3 Å². The van der Waals surface area contributed by atoms with Crippen molar-refractivity contribution in [1.29, 1.82) is 0 Å². The van der Waals surface area contributed by atoms with Crippen molar-refractivity contribution in [2.75, 3.05) is 39.8 Å². The van der Waals surface area contributed by atoms with Gasteiger partial charge in [-0.1, -0.05) is 78.9 Å². The number of piperazine rings is 1. The second-order valence-electron chi connectivity index (χ2n) is 8.76. The summed E-state index contributed by atoms with van der Waals surface area (Å²) in [6.07, 6.45) is 4.48. The van der Waals surface area contributed by atoms with Crippen LogP contribution < -0.4 is 9.47 Å². The van der Waals surface area contributed by atoms with Gasteiger partial charge in [-0.15, -0.1) is 0 Å². The molecular weight excluding hydrogens is 484 g/mol. The van der Waals surface area contributed by atoms with Crippen LogP contribution in [0.15, 0.2) is 84.9 Å². The van der Waals surface area contributed by atoms with Crippen molar-refractivity contribution in [1.82, 2.24) is 9.80 Å². The zero-order chi connectivity index (χ0) is 27.2. The van der Waals surface area contributed by atoms with Gasteiger partial charge in [0.05, 0.1) is 7.11 Å². The summed E-state index contributed by atoms with van der Waals surface area (Å²) in [6, 6.07) is 27.0. The molecule has 0 spiro atoms. The van der Waals surface area contributed by atoms with Gasteiger partial charge in [-0.2, -0.15) is 0 Å². The molecule has 0 saturated carbocycles. The van der Waals surface area contributed by atoms with Gasteiger partial charge in [0, 0.05) is 39.3 Å². The minimum absolute atomic E-state index is 0.538. The van der Waals surface area contributed by atoms with E-state index in [-0.39, 0.29) is 0 Å². The lowest BCUT2D eigenvalue weighted by atomic mass is 10.1. The highest BCUT2D eigenvalue weighted by atomic mass is 16.5. The standard InChI is InChI=1S/C28H32N2O2.C2H2O4/c1-31-27-15-14-26(21-28(27)32-23-25-11-6-3-7-12-25)22-30-19-17-29(18-20-30)16-8-13-24-9-4-2-5-10-24;3-1(4)2(5)6/h2-15,21H,16-20,22-23H2,1H3;(H,3,4)(H,5,6)/b13-8+;. The number of hydrogen-bond acceptors (Lipinski definition) is 6. The van der Waals surface area contributed by atoms with Crippen molar-refractivity contribution in [3.05, 3.63) is 102 Å². The van der Waals surface area contributed by atoms with Crippen molar-refractivity contribution in [3.8, 4) is 11.5 Å². The van der Waals surface area contributed by atoms with Crippen LogP contribution in [0.1, 0.15) is 16.7 Å². The fourth-order valence-electron chi connectivity index (χ4n) is 3.96. The molecule has 1 saturated heterocycles. The quantitative estimate of drug-likeness (QED) is 0.406. The summed E-state index contributed by atoms with van der Waals surface area (Å²) in [7, 11) is 1.69. The molecule has 0 aliphatic carbocycles. The molecule has 8 nitrogen and oxygen atoms in total. The molecule has 1 heterocycles. The van der Waals surface area contributed by atoms with Gasteiger partial charge in [-0.25, -0.2) is 9.59 Å². The van der Waals surface area contributed by atoms with Gasteiger partial charge in [0.25, 0.3) is 0 Å². The van der Waals surface area contributed by atoms with E-state index in [9.17, 15) is 0 Å². The molecule has 0 atom stereocenters. The minimum atomic E-state index is -1.82. The van der Waals surface area contributed by atoms with Gasteiger partial charge >= 0.3 is 11.9 Å². The van der Waals surface area contributed by atoms with Gasteiger partial charge in [-0.05, 0) is 28.8 Å². The predicted molar refractivity (Wildman–Crippen MR) is 146 cm³/mol. The van der Waals surface area contributed by atoms with E-state index in [1.54, 1.807) is 7.11 Å². The summed E-state index contributed by atoms with van der Waals surface area (Å²) in [6.45, 7) is 6.80. The fourth-order valence-corrected chi connectivity index (χ4v) is 3.96. The first-order chi connectivity index (χ1) is 18.4. The predicted octanol–water partition coefficient (Wildman–Crippen LogP) is 4.26. The normalized spacial score (nSPS) is 13.9. The molecule has 0 unspecified atom stereocenters. The summed E-state index contributed by atoms with van der Waals surface area (Å²) < 4.78 is 11.6. The highest BCUT2D eigenvalue weighted by Crippen LogP contribution is 2.29. The number of carbonyl (C=O) groups is 2. The monoisotopic (exact) mass is 518 g/mol. The Bertz CT molecular complexity index is 1160. The third-order valence-corrected chi connectivity index (χ3v) is 5.99. The lowest BCUT2D eigenvalue weighted by Crippen LogP contribution is -2.45. The van der Waals surface area contributed by atoms with Crippen LogP contribution >= 0.6 is 0 Å². The second-order valence-corrected chi connectivity index (χ2v) is 8.76. The molecule has 0 aromatic heterocycles. The van der Waals surface area contributed by atoms with Crippen molar-refractivity contribution in [2.45, 2.75) is 13.2 Å². The smallest absolute Gasteiger partial charge is 0.414 e. The molecule has 0 amide bonds. The van der Waals surface area contributed by atoms with Crippen LogP contribution in [-0.4, -0.2) is 71.8 Å². The van der Waals surface area contributed by atoms with Crippen LogP contribution in [0.3, 0.4) is 0 Å². The maximum absolute atomic E-state index is 9.10. The van der Waals surface area contributed by atoms with E-state index in [2.05, 4.69) is 76.5 Å². The molecule has 3 aromatic rings. The maximum Gasteiger partial charge on any atom is 0.414 e. The van der Waals surface area contributed by atoms with Crippen LogP contribution in [-0.2, 0) is 22.7 Å². The van der Waals surface area contributed by atoms with Crippen molar-refractivity contribution in [3.63, 3.8) is 0 Å². The van der Waals surface area contributed by atoms with Gasteiger partial charge in [0.2, 0.25) is 0 Å². The first kappa shape index (κ1) is 28.4. The SMILES string of the molecule is COc1ccc(CN2CCN(C/C=C/c3ccccc3)CC2)cc1OCc1ccccc1.O=C(O)C(=O)O. The Labute approximate surface area is 223 Å². The molecule has 200 valence electrons. The van der Waals surface area contributed by atoms with E-state index in [4.69, 9.17) is 29.3 Å². The Morgan fingerprint density at radius 1 is 0.789 bits per heavy atom. The summed E-state index contributed by atoms with van der Waals surface area (Å²) in [5.41, 5.74) is 3.67. The average Bonchev–Trinajstić information content (AvgIpc) is 2.94. The van der Waals surface area contributed by atoms with Crippen molar-refractivity contribution >= 4 is 18.0 Å². The number of rotatable bonds is 9. The average molecular weight is 519 g/mol. The summed E-state index contributed by atoms with van der Waals surface area (Å²) in [5, 5.41) is 14.8. The fraction of sp³-hybridized carbons (Fsp3) is 0.267. The highest BCUT2D eigenvalue weighted by Gasteiger charge is 2.17. The lowest BCUT2D eigenvalue weighted by molar-refractivity contribution is -0.159. The van der Waals surface area contributed by atoms with Crippen LogP contribution in [0, 0.1) is 0 Å². The molecule has 38 heavy (non-hydrogen) atoms. The third kappa shape index (κ3) is 9.72. The number of hydrogen-bond donors (Lipinski definition) is 2. The molecule has 0 radical (unpaired) electrons. The molecule has 4 rings (SSSR count). The van der Waals surface area contributed by atoms with E-state index in [1.165, 1.54) is 11.1 Å². The van der Waals surface area contributed by atoms with Gasteiger partial charge in [0.1, 0.15) is 6.61 Å². The molecule has 0 bridgehead atoms. The van der Waals surface area contributed by atoms with Crippen molar-refractivity contribution in [2.24, 2.45) is 0 Å². The first-order valence-electron chi connectivity index (χ1n) is 12.4. The van der Waals surface area contributed by atoms with Crippen LogP contribution in [0.25, 0.3) is 6.08 Å². The van der Waals surface area contributed by atoms with Crippen LogP contribution in [0.4, 0.5) is 0 Å². The summed E-state index contributed by atoms with van der Waals surface area (Å²) >= 11 is 0. The summed E-state index contributed by atoms with van der Waals surface area (Å²) in [5.74, 6) is -2.07. The number of methoxy groups -OCH3 is 1. The molecule has 2 N–H and O–H groups in total. The molecule has 8 heteroatoms. The summed E-state index contributed by atoms with van der Waals surface area (Å²) in [4.78, 5) is 23.2.